The van der Waals surface area contributed by atoms with Crippen LogP contribution in [0.5, 0.6) is 0 Å². The third kappa shape index (κ3) is 14.1. The lowest BCUT2D eigenvalue weighted by molar-refractivity contribution is -0.149. The van der Waals surface area contributed by atoms with Gasteiger partial charge in [0.05, 0.1) is 6.10 Å². The van der Waals surface area contributed by atoms with Crippen LogP contribution in [0.15, 0.2) is 0 Å². The molecule has 5 heteroatoms. The molecule has 0 bridgehead atoms. The molecular weight excluding hydrogens is 294 g/mol. The maximum absolute atomic E-state index is 11.4. The number of primary amides is 1. The summed E-state index contributed by atoms with van der Waals surface area (Å²) < 4.78 is 9.94. The van der Waals surface area contributed by atoms with Crippen molar-refractivity contribution >= 4 is 12.1 Å². The van der Waals surface area contributed by atoms with Crippen molar-refractivity contribution in [2.45, 2.75) is 97.7 Å². The number of ether oxygens (including phenoxy) is 2. The summed E-state index contributed by atoms with van der Waals surface area (Å²) in [5.74, 6) is 0.760. The van der Waals surface area contributed by atoms with Crippen LogP contribution in [0.2, 0.25) is 0 Å². The number of carbonyl (C=O) groups excluding carboxylic acids is 2. The van der Waals surface area contributed by atoms with Gasteiger partial charge in [0.2, 0.25) is 0 Å². The highest BCUT2D eigenvalue weighted by Crippen LogP contribution is 2.24. The second-order valence-corrected chi connectivity index (χ2v) is 7.32. The Kier molecular flexibility index (Phi) is 10.7. The largest absolute Gasteiger partial charge is 0.463 e. The fourth-order valence-electron chi connectivity index (χ4n) is 2.77. The summed E-state index contributed by atoms with van der Waals surface area (Å²) in [5.41, 5.74) is 4.26. The summed E-state index contributed by atoms with van der Waals surface area (Å²) >= 11 is 0. The number of amides is 1. The Morgan fingerprint density at radius 2 is 1.96 bits per heavy atom. The minimum atomic E-state index is -0.725. The Bertz CT molecular complexity index is 349. The zero-order valence-corrected chi connectivity index (χ0v) is 15.5. The van der Waals surface area contributed by atoms with E-state index in [0.717, 1.165) is 18.8 Å². The molecule has 1 aliphatic heterocycles. The van der Waals surface area contributed by atoms with E-state index in [9.17, 15) is 9.59 Å². The van der Waals surface area contributed by atoms with Gasteiger partial charge in [-0.1, -0.05) is 39.0 Å². The van der Waals surface area contributed by atoms with Crippen molar-refractivity contribution in [3.05, 3.63) is 0 Å². The summed E-state index contributed by atoms with van der Waals surface area (Å²) in [7, 11) is 0. The highest BCUT2D eigenvalue weighted by molar-refractivity contribution is 5.69. The third-order valence-electron chi connectivity index (χ3n) is 3.59. The van der Waals surface area contributed by atoms with Gasteiger partial charge in [-0.15, -0.1) is 0 Å². The van der Waals surface area contributed by atoms with E-state index in [2.05, 4.69) is 11.7 Å². The molecule has 1 rings (SSSR count). The van der Waals surface area contributed by atoms with Gasteiger partial charge in [-0.3, -0.25) is 4.79 Å². The Morgan fingerprint density at radius 3 is 2.43 bits per heavy atom. The van der Waals surface area contributed by atoms with Crippen LogP contribution in [-0.2, 0) is 14.3 Å². The first-order chi connectivity index (χ1) is 10.6. The van der Waals surface area contributed by atoms with Crippen LogP contribution < -0.4 is 5.73 Å². The summed E-state index contributed by atoms with van der Waals surface area (Å²) in [6.07, 6.45) is 8.37. The van der Waals surface area contributed by atoms with Crippen LogP contribution in [0.25, 0.3) is 0 Å². The standard InChI is InChI=1S/C13H24O2.C5H11NO2/c1-3-7-12-8-5-4-6-9-13(14)15-11(2)10-12;1-5(2,3)8-4(6)7/h11-12H,3-10H2,1-2H3;1-3H3,(H2,6,7). The number of hydrogen-bond donors (Lipinski definition) is 1. The highest BCUT2D eigenvalue weighted by Gasteiger charge is 2.17. The topological polar surface area (TPSA) is 78.6 Å². The van der Waals surface area contributed by atoms with E-state index >= 15 is 0 Å². The Balaban J connectivity index is 0.000000515. The zero-order valence-electron chi connectivity index (χ0n) is 15.5. The Labute approximate surface area is 141 Å². The average molecular weight is 329 g/mol. The van der Waals surface area contributed by atoms with E-state index in [-0.39, 0.29) is 12.1 Å². The van der Waals surface area contributed by atoms with Gasteiger partial charge in [0.15, 0.2) is 0 Å². The molecule has 5 nitrogen and oxygen atoms in total. The molecule has 1 fully saturated rings. The number of cyclic esters (lactones) is 1. The summed E-state index contributed by atoms with van der Waals surface area (Å²) in [5, 5.41) is 0. The van der Waals surface area contributed by atoms with Crippen LogP contribution in [-0.4, -0.2) is 23.8 Å². The lowest BCUT2D eigenvalue weighted by atomic mass is 9.91. The van der Waals surface area contributed by atoms with Gasteiger partial charge < -0.3 is 15.2 Å². The number of rotatable bonds is 2. The molecule has 0 aromatic heterocycles. The van der Waals surface area contributed by atoms with E-state index in [1.165, 1.54) is 32.1 Å². The molecule has 1 heterocycles. The first kappa shape index (κ1) is 21.7. The van der Waals surface area contributed by atoms with Crippen molar-refractivity contribution < 1.29 is 19.1 Å². The number of carbonyl (C=O) groups is 2. The van der Waals surface area contributed by atoms with Gasteiger partial charge >= 0.3 is 12.1 Å². The lowest BCUT2D eigenvalue weighted by Crippen LogP contribution is -2.27. The van der Waals surface area contributed by atoms with E-state index in [4.69, 9.17) is 10.5 Å². The highest BCUT2D eigenvalue weighted by atomic mass is 16.6. The van der Waals surface area contributed by atoms with Crippen molar-refractivity contribution in [3.63, 3.8) is 0 Å². The zero-order chi connectivity index (χ0) is 17.9. The van der Waals surface area contributed by atoms with Crippen LogP contribution in [0, 0.1) is 5.92 Å². The van der Waals surface area contributed by atoms with Crippen molar-refractivity contribution in [3.8, 4) is 0 Å². The van der Waals surface area contributed by atoms with Crippen LogP contribution >= 0.6 is 0 Å². The van der Waals surface area contributed by atoms with Gasteiger partial charge in [-0.2, -0.15) is 0 Å². The van der Waals surface area contributed by atoms with Crippen molar-refractivity contribution in [2.75, 3.05) is 0 Å². The molecule has 0 aromatic rings. The molecule has 0 saturated carbocycles. The molecule has 1 amide bonds. The van der Waals surface area contributed by atoms with Gasteiger partial charge in [-0.25, -0.2) is 4.79 Å². The molecule has 2 N–H and O–H groups in total. The molecule has 2 unspecified atom stereocenters. The van der Waals surface area contributed by atoms with E-state index in [0.29, 0.717) is 6.42 Å². The fraction of sp³-hybridized carbons (Fsp3) is 0.889. The summed E-state index contributed by atoms with van der Waals surface area (Å²) in [4.78, 5) is 21.4. The minimum Gasteiger partial charge on any atom is -0.463 e. The molecule has 0 aliphatic carbocycles. The third-order valence-corrected chi connectivity index (χ3v) is 3.59. The second kappa shape index (κ2) is 11.3. The van der Waals surface area contributed by atoms with Gasteiger partial charge in [0, 0.05) is 6.42 Å². The Morgan fingerprint density at radius 1 is 1.30 bits per heavy atom. The first-order valence-electron chi connectivity index (χ1n) is 8.82. The van der Waals surface area contributed by atoms with Crippen molar-refractivity contribution in [1.82, 2.24) is 0 Å². The molecule has 23 heavy (non-hydrogen) atoms. The summed E-state index contributed by atoms with van der Waals surface area (Å²) in [6, 6.07) is 0. The SMILES string of the molecule is CC(C)(C)OC(N)=O.CCCC1CCCCCC(=O)OC(C)C1. The molecule has 1 aliphatic rings. The maximum atomic E-state index is 11.4. The smallest absolute Gasteiger partial charge is 0.405 e. The fourth-order valence-corrected chi connectivity index (χ4v) is 2.77. The van der Waals surface area contributed by atoms with E-state index in [1.807, 2.05) is 6.92 Å². The molecule has 136 valence electrons. The average Bonchev–Trinajstić information content (AvgIpc) is 2.35. The molecule has 0 spiro atoms. The van der Waals surface area contributed by atoms with E-state index < -0.39 is 11.7 Å². The predicted octanol–water partition coefficient (Wildman–Crippen LogP) is 4.57. The van der Waals surface area contributed by atoms with Crippen LogP contribution in [0.3, 0.4) is 0 Å². The minimum absolute atomic E-state index is 0.000325. The number of hydrogen-bond acceptors (Lipinski definition) is 4. The quantitative estimate of drug-likeness (QED) is 0.753. The van der Waals surface area contributed by atoms with Gasteiger partial charge in [0.25, 0.3) is 0 Å². The van der Waals surface area contributed by atoms with Crippen molar-refractivity contribution in [2.24, 2.45) is 11.7 Å². The molecule has 0 aromatic carbocycles. The molecule has 1 saturated heterocycles. The van der Waals surface area contributed by atoms with Crippen molar-refractivity contribution in [1.29, 1.82) is 0 Å². The maximum Gasteiger partial charge on any atom is 0.405 e. The van der Waals surface area contributed by atoms with Crippen LogP contribution in [0.4, 0.5) is 4.79 Å². The molecule has 2 atom stereocenters. The normalized spacial score (nSPS) is 23.1. The first-order valence-corrected chi connectivity index (χ1v) is 8.82. The van der Waals surface area contributed by atoms with Crippen LogP contribution in [0.1, 0.15) is 86.0 Å². The summed E-state index contributed by atoms with van der Waals surface area (Å²) in [6.45, 7) is 9.55. The molecular formula is C18H35NO4. The monoisotopic (exact) mass is 329 g/mol. The molecule has 0 radical (unpaired) electrons. The number of esters is 1. The van der Waals surface area contributed by atoms with Gasteiger partial charge in [-0.05, 0) is 46.5 Å². The predicted molar refractivity (Wildman–Crippen MR) is 92.1 cm³/mol. The van der Waals surface area contributed by atoms with E-state index in [1.54, 1.807) is 20.8 Å². The Hall–Kier alpha value is -1.26. The lowest BCUT2D eigenvalue weighted by Gasteiger charge is -2.22. The van der Waals surface area contributed by atoms with Gasteiger partial charge in [0.1, 0.15) is 5.60 Å². The second-order valence-electron chi connectivity index (χ2n) is 7.32. The number of nitrogens with two attached hydrogens (primary N) is 1.